The summed E-state index contributed by atoms with van der Waals surface area (Å²) >= 11 is 0. The first kappa shape index (κ1) is 31.7. The Morgan fingerprint density at radius 1 is 0.583 bits per heavy atom. The quantitative estimate of drug-likeness (QED) is 0.0843. The van der Waals surface area contributed by atoms with E-state index < -0.39 is 110 Å². The van der Waals surface area contributed by atoms with Crippen LogP contribution in [0.3, 0.4) is 0 Å². The van der Waals surface area contributed by atoms with Crippen molar-refractivity contribution in [2.45, 2.75) is 69.1 Å². The van der Waals surface area contributed by atoms with Crippen LogP contribution < -0.4 is 27.4 Å². The minimum absolute atomic E-state index is 0.303. The van der Waals surface area contributed by atoms with Gasteiger partial charge in [-0.05, 0) is 19.3 Å². The number of rotatable bonds is 18. The Hall–Kier alpha value is -4.28. The van der Waals surface area contributed by atoms with E-state index in [9.17, 15) is 43.5 Å². The van der Waals surface area contributed by atoms with E-state index in [0.717, 1.165) is 0 Å². The number of carboxylic acid groups (broad SMARTS) is 4. The number of nitrogens with one attached hydrogen (secondary N) is 3. The fraction of sp³-hybridized carbons (Fsp3) is 0.579. The highest BCUT2D eigenvalue weighted by Gasteiger charge is 2.31. The topological polar surface area (TPSA) is 306 Å². The number of hydrogen-bond acceptors (Lipinski definition) is 9. The van der Waals surface area contributed by atoms with E-state index >= 15 is 0 Å². The highest BCUT2D eigenvalue weighted by molar-refractivity contribution is 5.96. The van der Waals surface area contributed by atoms with E-state index in [4.69, 9.17) is 26.8 Å². The molecular weight excluding hydrogens is 490 g/mol. The highest BCUT2D eigenvalue weighted by atomic mass is 16.4. The third-order valence-electron chi connectivity index (χ3n) is 4.59. The van der Waals surface area contributed by atoms with E-state index in [2.05, 4.69) is 10.6 Å². The molecule has 11 N–H and O–H groups in total. The Morgan fingerprint density at radius 3 is 1.42 bits per heavy atom. The van der Waals surface area contributed by atoms with Crippen molar-refractivity contribution in [3.63, 3.8) is 0 Å². The highest BCUT2D eigenvalue weighted by Crippen LogP contribution is 2.05. The number of hydrogen-bond donors (Lipinski definition) is 9. The number of primary amides is 1. The van der Waals surface area contributed by atoms with Crippen molar-refractivity contribution in [2.24, 2.45) is 11.5 Å². The summed E-state index contributed by atoms with van der Waals surface area (Å²) in [5.74, 6) is -9.92. The summed E-state index contributed by atoms with van der Waals surface area (Å²) < 4.78 is 0. The second-order valence-electron chi connectivity index (χ2n) is 7.60. The first-order chi connectivity index (χ1) is 16.6. The van der Waals surface area contributed by atoms with E-state index in [1.54, 1.807) is 0 Å². The molecule has 4 atom stereocenters. The molecule has 4 amide bonds. The molecule has 17 nitrogen and oxygen atoms in total. The van der Waals surface area contributed by atoms with E-state index in [-0.39, 0.29) is 6.42 Å². The smallest absolute Gasteiger partial charge is 0.326 e. The second-order valence-corrected chi connectivity index (χ2v) is 7.60. The average Bonchev–Trinajstić information content (AvgIpc) is 2.75. The lowest BCUT2D eigenvalue weighted by Gasteiger charge is -2.24. The molecule has 0 saturated carbocycles. The van der Waals surface area contributed by atoms with Gasteiger partial charge in [-0.15, -0.1) is 0 Å². The number of carbonyl (C=O) groups is 8. The van der Waals surface area contributed by atoms with Crippen molar-refractivity contribution in [3.05, 3.63) is 0 Å². The molecule has 0 fully saturated rings. The van der Waals surface area contributed by atoms with Crippen LogP contribution in [0.1, 0.15) is 44.9 Å². The fourth-order valence-corrected chi connectivity index (χ4v) is 2.71. The lowest BCUT2D eigenvalue weighted by atomic mass is 10.1. The van der Waals surface area contributed by atoms with Crippen molar-refractivity contribution < 1.29 is 58.8 Å². The molecule has 0 aromatic rings. The van der Waals surface area contributed by atoms with Crippen LogP contribution in [0.25, 0.3) is 0 Å². The number of amides is 4. The van der Waals surface area contributed by atoms with Gasteiger partial charge in [-0.3, -0.25) is 33.6 Å². The maximum atomic E-state index is 12.7. The van der Waals surface area contributed by atoms with Gasteiger partial charge in [0.1, 0.15) is 18.1 Å². The summed E-state index contributed by atoms with van der Waals surface area (Å²) in [5, 5.41) is 41.7. The van der Waals surface area contributed by atoms with Crippen LogP contribution in [-0.4, -0.2) is 92.1 Å². The maximum Gasteiger partial charge on any atom is 0.326 e. The Bertz CT molecular complexity index is 877. The molecule has 0 unspecified atom stereocenters. The van der Waals surface area contributed by atoms with Crippen molar-refractivity contribution in [3.8, 4) is 0 Å². The van der Waals surface area contributed by atoms with Crippen molar-refractivity contribution in [2.75, 3.05) is 0 Å². The molecule has 0 aromatic heterocycles. The van der Waals surface area contributed by atoms with Crippen LogP contribution in [0.4, 0.5) is 0 Å². The van der Waals surface area contributed by atoms with Crippen molar-refractivity contribution >= 4 is 47.5 Å². The number of carboxylic acids is 4. The molecular formula is C19H29N5O12. The van der Waals surface area contributed by atoms with Gasteiger partial charge in [0.05, 0.1) is 12.5 Å². The van der Waals surface area contributed by atoms with Gasteiger partial charge in [-0.2, -0.15) is 0 Å². The molecule has 0 spiro atoms. The fourth-order valence-electron chi connectivity index (χ4n) is 2.71. The van der Waals surface area contributed by atoms with Gasteiger partial charge in [-0.25, -0.2) is 4.79 Å². The second kappa shape index (κ2) is 15.6. The van der Waals surface area contributed by atoms with Gasteiger partial charge in [0, 0.05) is 19.3 Å². The molecule has 0 aromatic carbocycles. The zero-order valence-corrected chi connectivity index (χ0v) is 19.0. The third kappa shape index (κ3) is 13.4. The molecule has 0 saturated heterocycles. The predicted molar refractivity (Wildman–Crippen MR) is 116 cm³/mol. The summed E-state index contributed by atoms with van der Waals surface area (Å²) in [6.45, 7) is 0. The zero-order valence-electron chi connectivity index (χ0n) is 19.0. The van der Waals surface area contributed by atoms with Gasteiger partial charge < -0.3 is 47.8 Å². The Morgan fingerprint density at radius 2 is 0.972 bits per heavy atom. The maximum absolute atomic E-state index is 12.7. The summed E-state index contributed by atoms with van der Waals surface area (Å²) in [5.41, 5.74) is 10.6. The van der Waals surface area contributed by atoms with Gasteiger partial charge in [0.15, 0.2) is 0 Å². The Kier molecular flexibility index (Phi) is 13.7. The summed E-state index contributed by atoms with van der Waals surface area (Å²) in [7, 11) is 0. The van der Waals surface area contributed by atoms with Crippen molar-refractivity contribution in [1.29, 1.82) is 0 Å². The summed E-state index contributed by atoms with van der Waals surface area (Å²) in [4.78, 5) is 92.5. The molecule has 0 rings (SSSR count). The Balaban J connectivity index is 5.59. The standard InChI is InChI=1S/C19H29N5O12/c20-8(1-4-13(26)27)16(32)24-11(7-12(21)25)18(34)22-9(2-5-14(28)29)17(33)23-10(19(35)36)3-6-15(30)31/h8-11H,1-7,20H2,(H2,21,25)(H,22,34)(H,23,33)(H,24,32)(H,26,27)(H,28,29)(H,30,31)(H,35,36)/t8-,9-,10-,11-/m0/s1. The third-order valence-corrected chi connectivity index (χ3v) is 4.59. The molecule has 202 valence electrons. The monoisotopic (exact) mass is 519 g/mol. The molecule has 0 aliphatic rings. The number of nitrogens with two attached hydrogens (primary N) is 2. The molecule has 0 aliphatic carbocycles. The molecule has 0 radical (unpaired) electrons. The summed E-state index contributed by atoms with van der Waals surface area (Å²) in [6, 6.07) is -6.39. The zero-order chi connectivity index (χ0) is 28.0. The summed E-state index contributed by atoms with van der Waals surface area (Å²) in [6.07, 6.45) is -3.85. The number of carbonyl (C=O) groups excluding carboxylic acids is 4. The Labute approximate surface area is 203 Å². The van der Waals surface area contributed by atoms with E-state index in [0.29, 0.717) is 0 Å². The molecule has 36 heavy (non-hydrogen) atoms. The predicted octanol–water partition coefficient (Wildman–Crippen LogP) is -3.68. The molecule has 0 aliphatic heterocycles. The van der Waals surface area contributed by atoms with Crippen molar-refractivity contribution in [1.82, 2.24) is 16.0 Å². The average molecular weight is 519 g/mol. The van der Waals surface area contributed by atoms with E-state index in [1.165, 1.54) is 0 Å². The van der Waals surface area contributed by atoms with Gasteiger partial charge >= 0.3 is 23.9 Å². The largest absolute Gasteiger partial charge is 0.481 e. The molecule has 0 heterocycles. The molecule has 17 heteroatoms. The first-order valence-corrected chi connectivity index (χ1v) is 10.5. The van der Waals surface area contributed by atoms with Crippen LogP contribution in [-0.2, 0) is 38.4 Å². The minimum Gasteiger partial charge on any atom is -0.481 e. The minimum atomic E-state index is -1.69. The van der Waals surface area contributed by atoms with Gasteiger partial charge in [0.25, 0.3) is 0 Å². The lowest BCUT2D eigenvalue weighted by molar-refractivity contribution is -0.144. The SMILES string of the molecule is NC(=O)C[C@H](NC(=O)[C@@H](N)CCC(=O)O)C(=O)N[C@@H](CCC(=O)O)C(=O)N[C@@H](CCC(=O)O)C(=O)O. The van der Waals surface area contributed by atoms with Crippen LogP contribution in [0.15, 0.2) is 0 Å². The van der Waals surface area contributed by atoms with E-state index in [1.807, 2.05) is 5.32 Å². The molecule has 0 bridgehead atoms. The van der Waals surface area contributed by atoms with Crippen LogP contribution in [0.2, 0.25) is 0 Å². The van der Waals surface area contributed by atoms with Crippen LogP contribution >= 0.6 is 0 Å². The number of aliphatic carboxylic acids is 4. The lowest BCUT2D eigenvalue weighted by Crippen LogP contribution is -2.57. The van der Waals surface area contributed by atoms with Crippen LogP contribution in [0, 0.1) is 0 Å². The normalized spacial score (nSPS) is 13.8. The van der Waals surface area contributed by atoms with Crippen LogP contribution in [0.5, 0.6) is 0 Å². The van der Waals surface area contributed by atoms with Gasteiger partial charge in [0.2, 0.25) is 23.6 Å². The van der Waals surface area contributed by atoms with Gasteiger partial charge in [-0.1, -0.05) is 0 Å². The first-order valence-electron chi connectivity index (χ1n) is 10.5.